The van der Waals surface area contributed by atoms with Gasteiger partial charge in [-0.3, -0.25) is 19.1 Å². The number of rotatable bonds is 6. The first kappa shape index (κ1) is 23.2. The van der Waals surface area contributed by atoms with Gasteiger partial charge in [0.05, 0.1) is 5.69 Å². The van der Waals surface area contributed by atoms with Crippen LogP contribution in [0.2, 0.25) is 5.02 Å². The molecule has 2 aromatic carbocycles. The molecule has 1 aliphatic heterocycles. The van der Waals surface area contributed by atoms with Gasteiger partial charge in [-0.05, 0) is 36.6 Å². The molecular weight excluding hydrogens is 436 g/mol. The first-order valence-corrected chi connectivity index (χ1v) is 11.6. The number of halogens is 1. The Hall–Kier alpha value is -2.96. The average molecular weight is 465 g/mol. The number of anilines is 1. The lowest BCUT2D eigenvalue weighted by molar-refractivity contribution is -0.116. The van der Waals surface area contributed by atoms with Gasteiger partial charge in [-0.15, -0.1) is 0 Å². The summed E-state index contributed by atoms with van der Waals surface area (Å²) in [4.78, 5) is 33.4. The highest BCUT2D eigenvalue weighted by Gasteiger charge is 2.25. The molecule has 7 heteroatoms. The third kappa shape index (κ3) is 5.34. The fourth-order valence-electron chi connectivity index (χ4n) is 4.18. The molecule has 1 aliphatic rings. The second-order valence-corrected chi connectivity index (χ2v) is 9.31. The summed E-state index contributed by atoms with van der Waals surface area (Å²) < 4.78 is 1.53. The fraction of sp³-hybridized carbons (Fsp3) is 0.346. The van der Waals surface area contributed by atoms with E-state index in [9.17, 15) is 9.59 Å². The SMILES string of the molecule is Cc1ccc(NC(=O)Cn2c(C(C)C)nc3c(c2=O)CCN(Cc2ccccc2)C3)cc1Cl. The molecule has 0 atom stereocenters. The summed E-state index contributed by atoms with van der Waals surface area (Å²) in [6.45, 7) is 8.05. The van der Waals surface area contributed by atoms with Gasteiger partial charge >= 0.3 is 0 Å². The Morgan fingerprint density at radius 1 is 1.18 bits per heavy atom. The van der Waals surface area contributed by atoms with E-state index in [0.717, 1.165) is 29.9 Å². The van der Waals surface area contributed by atoms with Gasteiger partial charge in [0, 0.05) is 41.8 Å². The minimum absolute atomic E-state index is 0.00844. The molecule has 0 aliphatic carbocycles. The van der Waals surface area contributed by atoms with E-state index in [2.05, 4.69) is 22.3 Å². The Kier molecular flexibility index (Phi) is 6.96. The molecule has 33 heavy (non-hydrogen) atoms. The molecule has 0 bridgehead atoms. The summed E-state index contributed by atoms with van der Waals surface area (Å²) in [6, 6.07) is 15.7. The molecule has 1 N–H and O–H groups in total. The highest BCUT2D eigenvalue weighted by molar-refractivity contribution is 6.31. The standard InChI is InChI=1S/C26H29ClN4O2/c1-17(2)25-29-23-15-30(14-19-7-5-4-6-8-19)12-11-21(23)26(33)31(25)16-24(32)28-20-10-9-18(3)22(27)13-20/h4-10,13,17H,11-12,14-16H2,1-3H3,(H,28,32). The fourth-order valence-corrected chi connectivity index (χ4v) is 4.36. The van der Waals surface area contributed by atoms with Gasteiger partial charge < -0.3 is 5.32 Å². The predicted molar refractivity (Wildman–Crippen MR) is 132 cm³/mol. The van der Waals surface area contributed by atoms with Crippen LogP contribution in [0.25, 0.3) is 0 Å². The van der Waals surface area contributed by atoms with Crippen molar-refractivity contribution in [3.8, 4) is 0 Å². The van der Waals surface area contributed by atoms with Gasteiger partial charge in [0.25, 0.3) is 5.56 Å². The van der Waals surface area contributed by atoms with Crippen LogP contribution < -0.4 is 10.9 Å². The summed E-state index contributed by atoms with van der Waals surface area (Å²) >= 11 is 6.17. The zero-order valence-corrected chi connectivity index (χ0v) is 20.0. The highest BCUT2D eigenvalue weighted by atomic mass is 35.5. The lowest BCUT2D eigenvalue weighted by atomic mass is 10.0. The van der Waals surface area contributed by atoms with Crippen molar-refractivity contribution in [3.63, 3.8) is 0 Å². The molecule has 2 heterocycles. The number of amides is 1. The monoisotopic (exact) mass is 464 g/mol. The molecule has 1 amide bonds. The van der Waals surface area contributed by atoms with Crippen molar-refractivity contribution in [3.05, 3.63) is 92.1 Å². The summed E-state index contributed by atoms with van der Waals surface area (Å²) in [5, 5.41) is 3.43. The smallest absolute Gasteiger partial charge is 0.257 e. The summed E-state index contributed by atoms with van der Waals surface area (Å²) in [5.74, 6) is 0.369. The normalized spacial score (nSPS) is 13.7. The largest absolute Gasteiger partial charge is 0.324 e. The lowest BCUT2D eigenvalue weighted by Crippen LogP contribution is -2.40. The van der Waals surface area contributed by atoms with E-state index < -0.39 is 0 Å². The molecule has 172 valence electrons. The number of aromatic nitrogens is 2. The second kappa shape index (κ2) is 9.89. The van der Waals surface area contributed by atoms with Crippen molar-refractivity contribution in [2.45, 2.75) is 52.7 Å². The van der Waals surface area contributed by atoms with E-state index in [4.69, 9.17) is 16.6 Å². The summed E-state index contributed by atoms with van der Waals surface area (Å²) in [5.41, 5.74) is 4.22. The van der Waals surface area contributed by atoms with Crippen molar-refractivity contribution >= 4 is 23.2 Å². The van der Waals surface area contributed by atoms with Crippen LogP contribution >= 0.6 is 11.6 Å². The van der Waals surface area contributed by atoms with Crippen molar-refractivity contribution in [1.82, 2.24) is 14.5 Å². The van der Waals surface area contributed by atoms with Crippen LogP contribution in [0.15, 0.2) is 53.3 Å². The van der Waals surface area contributed by atoms with Crippen molar-refractivity contribution in [2.75, 3.05) is 11.9 Å². The third-order valence-corrected chi connectivity index (χ3v) is 6.36. The topological polar surface area (TPSA) is 67.2 Å². The lowest BCUT2D eigenvalue weighted by Gasteiger charge is -2.29. The van der Waals surface area contributed by atoms with Gasteiger partial charge in [-0.25, -0.2) is 4.98 Å². The van der Waals surface area contributed by atoms with Crippen molar-refractivity contribution in [2.24, 2.45) is 0 Å². The maximum absolute atomic E-state index is 13.4. The second-order valence-electron chi connectivity index (χ2n) is 8.90. The number of hydrogen-bond acceptors (Lipinski definition) is 4. The minimum Gasteiger partial charge on any atom is -0.324 e. The number of carbonyl (C=O) groups excluding carboxylic acids is 1. The van der Waals surface area contributed by atoms with Gasteiger partial charge in [-0.2, -0.15) is 0 Å². The Labute approximate surface area is 199 Å². The molecule has 0 saturated carbocycles. The molecule has 0 fully saturated rings. The van der Waals surface area contributed by atoms with Gasteiger partial charge in [-0.1, -0.05) is 61.8 Å². The van der Waals surface area contributed by atoms with Crippen LogP contribution in [0, 0.1) is 6.92 Å². The van der Waals surface area contributed by atoms with E-state index in [1.54, 1.807) is 12.1 Å². The zero-order valence-electron chi connectivity index (χ0n) is 19.3. The Morgan fingerprint density at radius 3 is 2.64 bits per heavy atom. The molecular formula is C26H29ClN4O2. The Balaban J connectivity index is 1.56. The van der Waals surface area contributed by atoms with E-state index in [-0.39, 0.29) is 23.9 Å². The molecule has 3 aromatic rings. The van der Waals surface area contributed by atoms with Gasteiger partial charge in [0.15, 0.2) is 0 Å². The molecule has 0 radical (unpaired) electrons. The van der Waals surface area contributed by atoms with Crippen LogP contribution in [0.3, 0.4) is 0 Å². The molecule has 6 nitrogen and oxygen atoms in total. The molecule has 1 aromatic heterocycles. The number of nitrogens with zero attached hydrogens (tertiary/aromatic N) is 3. The van der Waals surface area contributed by atoms with Crippen LogP contribution in [0.5, 0.6) is 0 Å². The minimum atomic E-state index is -0.276. The van der Waals surface area contributed by atoms with Crippen LogP contribution in [0.4, 0.5) is 5.69 Å². The number of carbonyl (C=O) groups is 1. The Bertz CT molecular complexity index is 1220. The molecule has 0 spiro atoms. The van der Waals surface area contributed by atoms with Crippen LogP contribution in [-0.4, -0.2) is 26.9 Å². The third-order valence-electron chi connectivity index (χ3n) is 5.95. The maximum atomic E-state index is 13.4. The molecule has 4 rings (SSSR count). The zero-order chi connectivity index (χ0) is 23.5. The highest BCUT2D eigenvalue weighted by Crippen LogP contribution is 2.22. The van der Waals surface area contributed by atoms with Crippen molar-refractivity contribution < 1.29 is 4.79 Å². The maximum Gasteiger partial charge on any atom is 0.257 e. The molecule has 0 unspecified atom stereocenters. The van der Waals surface area contributed by atoms with E-state index in [1.807, 2.05) is 45.0 Å². The molecule has 0 saturated heterocycles. The Morgan fingerprint density at radius 2 is 1.94 bits per heavy atom. The van der Waals surface area contributed by atoms with Gasteiger partial charge in [0.2, 0.25) is 5.91 Å². The number of fused-ring (bicyclic) bond motifs is 1. The number of benzene rings is 2. The summed E-state index contributed by atoms with van der Waals surface area (Å²) in [6.07, 6.45) is 0.627. The van der Waals surface area contributed by atoms with Crippen LogP contribution in [0.1, 0.15) is 48.0 Å². The number of nitrogens with one attached hydrogen (secondary N) is 1. The summed E-state index contributed by atoms with van der Waals surface area (Å²) in [7, 11) is 0. The van der Waals surface area contributed by atoms with Crippen LogP contribution in [-0.2, 0) is 30.8 Å². The average Bonchev–Trinajstić information content (AvgIpc) is 2.78. The quantitative estimate of drug-likeness (QED) is 0.582. The van der Waals surface area contributed by atoms with E-state index in [0.29, 0.717) is 29.5 Å². The van der Waals surface area contributed by atoms with E-state index in [1.165, 1.54) is 10.1 Å². The number of aryl methyl sites for hydroxylation is 1. The first-order chi connectivity index (χ1) is 15.8. The predicted octanol–water partition coefficient (Wildman–Crippen LogP) is 4.53. The number of hydrogen-bond donors (Lipinski definition) is 1. The van der Waals surface area contributed by atoms with E-state index >= 15 is 0 Å². The van der Waals surface area contributed by atoms with Gasteiger partial charge in [0.1, 0.15) is 12.4 Å². The first-order valence-electron chi connectivity index (χ1n) is 11.3. The van der Waals surface area contributed by atoms with Crippen molar-refractivity contribution in [1.29, 1.82) is 0 Å².